The Morgan fingerprint density at radius 3 is 2.61 bits per heavy atom. The molecule has 0 saturated heterocycles. The van der Waals surface area contributed by atoms with Crippen molar-refractivity contribution in [1.29, 1.82) is 5.26 Å². The van der Waals surface area contributed by atoms with Crippen LogP contribution in [0.1, 0.15) is 27.9 Å². The molecule has 1 heterocycles. The number of nitrogens with zero attached hydrogens (tertiary/aromatic N) is 3. The Balaban J connectivity index is 1.73. The minimum absolute atomic E-state index is 0.00578. The second-order valence-corrected chi connectivity index (χ2v) is 9.11. The van der Waals surface area contributed by atoms with Crippen LogP contribution in [-0.4, -0.2) is 23.4 Å². The third-order valence-electron chi connectivity index (χ3n) is 4.74. The summed E-state index contributed by atoms with van der Waals surface area (Å²) >= 11 is 12.1. The van der Waals surface area contributed by atoms with Gasteiger partial charge in [-0.05, 0) is 78.8 Å². The molecule has 0 aliphatic heterocycles. The lowest BCUT2D eigenvalue weighted by molar-refractivity contribution is -0.141. The van der Waals surface area contributed by atoms with Crippen LogP contribution >= 0.6 is 35.6 Å². The zero-order valence-electron chi connectivity index (χ0n) is 19.0. The van der Waals surface area contributed by atoms with E-state index in [-0.39, 0.29) is 27.0 Å². The maximum atomic E-state index is 13.2. The zero-order chi connectivity index (χ0) is 26.3. The second kappa shape index (κ2) is 12.1. The molecule has 36 heavy (non-hydrogen) atoms. The lowest BCUT2D eigenvalue weighted by Gasteiger charge is -2.13. The van der Waals surface area contributed by atoms with Crippen molar-refractivity contribution in [2.45, 2.75) is 23.9 Å². The van der Waals surface area contributed by atoms with Gasteiger partial charge in [0.15, 0.2) is 5.11 Å². The highest BCUT2D eigenvalue weighted by molar-refractivity contribution is 7.98. The number of aryl methyl sites for hydroxylation is 1. The van der Waals surface area contributed by atoms with Gasteiger partial charge < -0.3 is 10.1 Å². The molecule has 12 heteroatoms. The van der Waals surface area contributed by atoms with Gasteiger partial charge in [-0.3, -0.25) is 5.43 Å². The van der Waals surface area contributed by atoms with Crippen LogP contribution in [0.2, 0.25) is 5.02 Å². The summed E-state index contributed by atoms with van der Waals surface area (Å²) in [5, 5.41) is 17.4. The van der Waals surface area contributed by atoms with Gasteiger partial charge in [0.2, 0.25) is 0 Å². The van der Waals surface area contributed by atoms with Crippen LogP contribution in [0.15, 0.2) is 58.7 Å². The number of hydrogen-bond donors (Lipinski definition) is 2. The van der Waals surface area contributed by atoms with Crippen molar-refractivity contribution in [3.05, 3.63) is 81.5 Å². The van der Waals surface area contributed by atoms with E-state index in [2.05, 4.69) is 20.8 Å². The lowest BCUT2D eigenvalue weighted by atomic mass is 10.1. The molecule has 0 amide bonds. The number of anilines is 1. The molecule has 2 aromatic carbocycles. The fourth-order valence-electron chi connectivity index (χ4n) is 3.02. The summed E-state index contributed by atoms with van der Waals surface area (Å²) in [6, 6.07) is 15.1. The van der Waals surface area contributed by atoms with E-state index >= 15 is 0 Å². The Morgan fingerprint density at radius 2 is 1.97 bits per heavy atom. The Morgan fingerprint density at radius 1 is 1.25 bits per heavy atom. The number of benzene rings is 2. The summed E-state index contributed by atoms with van der Waals surface area (Å²) in [5.74, 6) is 0.756. The van der Waals surface area contributed by atoms with E-state index in [1.807, 2.05) is 6.07 Å². The third-order valence-corrected chi connectivity index (χ3v) is 6.21. The van der Waals surface area contributed by atoms with E-state index in [4.69, 9.17) is 28.6 Å². The van der Waals surface area contributed by atoms with Crippen molar-refractivity contribution in [2.75, 3.05) is 12.4 Å². The molecule has 0 radical (unpaired) electrons. The number of rotatable bonds is 7. The molecule has 0 saturated carbocycles. The van der Waals surface area contributed by atoms with Crippen LogP contribution in [0.3, 0.4) is 0 Å². The highest BCUT2D eigenvalue weighted by Gasteiger charge is 2.34. The summed E-state index contributed by atoms with van der Waals surface area (Å²) in [4.78, 5) is 3.69. The number of nitrogens with one attached hydrogen (secondary N) is 2. The van der Waals surface area contributed by atoms with Gasteiger partial charge in [-0.25, -0.2) is 4.98 Å². The molecular formula is C24H19ClF3N5OS2. The van der Waals surface area contributed by atoms with Gasteiger partial charge in [0.1, 0.15) is 22.5 Å². The van der Waals surface area contributed by atoms with Gasteiger partial charge in [-0.15, -0.1) is 11.8 Å². The average Bonchev–Trinajstić information content (AvgIpc) is 2.83. The van der Waals surface area contributed by atoms with Crippen molar-refractivity contribution >= 4 is 52.6 Å². The van der Waals surface area contributed by atoms with Crippen molar-refractivity contribution in [3.8, 4) is 11.8 Å². The van der Waals surface area contributed by atoms with E-state index < -0.39 is 11.9 Å². The van der Waals surface area contributed by atoms with Gasteiger partial charge in [0, 0.05) is 22.0 Å². The molecule has 186 valence electrons. The molecule has 0 unspecified atom stereocenters. The Labute approximate surface area is 220 Å². The standard InChI is InChI=1S/C24H19ClF3N5OS2/c1-14-9-21(24(26,27)28)32-22(19(14)11-29)36-13-16-10-15(3-8-20(16)34-2)12-30-33-23(35)31-18-6-4-17(25)5-7-18/h3-10,12H,13H2,1-2H3,(H2,31,33,35). The minimum Gasteiger partial charge on any atom is -0.496 e. The maximum Gasteiger partial charge on any atom is 0.433 e. The largest absolute Gasteiger partial charge is 0.496 e. The van der Waals surface area contributed by atoms with Gasteiger partial charge in [0.25, 0.3) is 0 Å². The predicted molar refractivity (Wildman–Crippen MR) is 140 cm³/mol. The molecule has 3 rings (SSSR count). The van der Waals surface area contributed by atoms with Gasteiger partial charge in [0.05, 0.1) is 18.9 Å². The Kier molecular flexibility index (Phi) is 9.14. The van der Waals surface area contributed by atoms with E-state index in [0.717, 1.165) is 23.5 Å². The summed E-state index contributed by atoms with van der Waals surface area (Å²) < 4.78 is 45.0. The summed E-state index contributed by atoms with van der Waals surface area (Å²) in [6.45, 7) is 1.45. The first-order chi connectivity index (χ1) is 17.1. The summed E-state index contributed by atoms with van der Waals surface area (Å²) in [7, 11) is 1.49. The van der Waals surface area contributed by atoms with Crippen LogP contribution in [0.4, 0.5) is 18.9 Å². The molecule has 0 aliphatic rings. The fraction of sp³-hybridized carbons (Fsp3) is 0.167. The van der Waals surface area contributed by atoms with Crippen molar-refractivity contribution in [3.63, 3.8) is 0 Å². The molecular weight excluding hydrogens is 531 g/mol. The number of pyridine rings is 1. The fourth-order valence-corrected chi connectivity index (χ4v) is 4.35. The van der Waals surface area contributed by atoms with Crippen LogP contribution < -0.4 is 15.5 Å². The molecule has 0 fully saturated rings. The van der Waals surface area contributed by atoms with Crippen molar-refractivity contribution < 1.29 is 17.9 Å². The summed E-state index contributed by atoms with van der Waals surface area (Å²) in [6.07, 6.45) is -3.07. The monoisotopic (exact) mass is 549 g/mol. The molecule has 0 atom stereocenters. The van der Waals surface area contributed by atoms with Crippen LogP contribution in [0.5, 0.6) is 5.75 Å². The highest BCUT2D eigenvalue weighted by atomic mass is 35.5. The third kappa shape index (κ3) is 7.34. The Hall–Kier alpha value is -3.33. The minimum atomic E-state index is -4.61. The van der Waals surface area contributed by atoms with Crippen molar-refractivity contribution in [1.82, 2.24) is 10.4 Å². The molecule has 0 spiro atoms. The number of thioether (sulfide) groups is 1. The predicted octanol–water partition coefficient (Wildman–Crippen LogP) is 6.56. The smallest absolute Gasteiger partial charge is 0.433 e. The number of aromatic nitrogens is 1. The quantitative estimate of drug-likeness (QED) is 0.149. The maximum absolute atomic E-state index is 13.2. The first-order valence-electron chi connectivity index (χ1n) is 10.2. The van der Waals surface area contributed by atoms with Gasteiger partial charge in [-0.2, -0.15) is 23.5 Å². The molecule has 2 N–H and O–H groups in total. The van der Waals surface area contributed by atoms with E-state index in [0.29, 0.717) is 21.9 Å². The number of hydrogen-bond acceptors (Lipinski definition) is 6. The normalized spacial score (nSPS) is 11.2. The topological polar surface area (TPSA) is 82.3 Å². The number of nitriles is 1. The van der Waals surface area contributed by atoms with Crippen molar-refractivity contribution in [2.24, 2.45) is 5.10 Å². The van der Waals surface area contributed by atoms with Gasteiger partial charge in [-0.1, -0.05) is 11.6 Å². The van der Waals surface area contributed by atoms with E-state index in [9.17, 15) is 18.4 Å². The lowest BCUT2D eigenvalue weighted by Crippen LogP contribution is -2.23. The Bertz CT molecular complexity index is 1330. The van der Waals surface area contributed by atoms with Crippen LogP contribution in [-0.2, 0) is 11.9 Å². The van der Waals surface area contributed by atoms with E-state index in [1.54, 1.807) is 42.5 Å². The van der Waals surface area contributed by atoms with E-state index in [1.165, 1.54) is 20.2 Å². The SMILES string of the molecule is COc1ccc(C=NNC(=S)Nc2ccc(Cl)cc2)cc1CSc1nc(C(F)(F)F)cc(C)c1C#N. The molecule has 0 bridgehead atoms. The number of alkyl halides is 3. The van der Waals surface area contributed by atoms with Crippen LogP contribution in [0.25, 0.3) is 0 Å². The molecule has 6 nitrogen and oxygen atoms in total. The van der Waals surface area contributed by atoms with Crippen LogP contribution in [0, 0.1) is 18.3 Å². The molecule has 0 aliphatic carbocycles. The first kappa shape index (κ1) is 27.3. The number of ether oxygens (including phenoxy) is 1. The zero-order valence-corrected chi connectivity index (χ0v) is 21.4. The molecule has 3 aromatic rings. The number of hydrazone groups is 1. The number of thiocarbonyl (C=S) groups is 1. The summed E-state index contributed by atoms with van der Waals surface area (Å²) in [5.41, 5.74) is 4.12. The molecule has 1 aromatic heterocycles. The van der Waals surface area contributed by atoms with Gasteiger partial charge >= 0.3 is 6.18 Å². The number of halogens is 4. The first-order valence-corrected chi connectivity index (χ1v) is 12.0. The second-order valence-electron chi connectivity index (χ2n) is 7.31. The average molecular weight is 550 g/mol. The number of methoxy groups -OCH3 is 1. The highest BCUT2D eigenvalue weighted by Crippen LogP contribution is 2.35.